The minimum atomic E-state index is -4.13. The molecule has 0 radical (unpaired) electrons. The van der Waals surface area contributed by atoms with E-state index in [2.05, 4.69) is 4.98 Å². The molecule has 1 aliphatic rings. The smallest absolute Gasteiger partial charge is 0.393 e. The summed E-state index contributed by atoms with van der Waals surface area (Å²) in [5.74, 6) is -0.817. The highest BCUT2D eigenvalue weighted by Crippen LogP contribution is 2.35. The van der Waals surface area contributed by atoms with E-state index >= 15 is 0 Å². The molecule has 2 heterocycles. The number of hydrogen-bond donors (Lipinski definition) is 1. The highest BCUT2D eigenvalue weighted by atomic mass is 19.4. The standard InChI is InChI=1S/C10H12F3N3/c11-10(12,13)7-3-5-16(6-7)9-8(14)2-1-4-15-9/h1-2,4,7H,3,5-6,14H2. The van der Waals surface area contributed by atoms with Gasteiger partial charge in [0.05, 0.1) is 11.6 Å². The maximum atomic E-state index is 12.5. The van der Waals surface area contributed by atoms with E-state index < -0.39 is 12.1 Å². The summed E-state index contributed by atoms with van der Waals surface area (Å²) in [4.78, 5) is 5.60. The Hall–Kier alpha value is -1.46. The molecule has 1 saturated heterocycles. The minimum Gasteiger partial charge on any atom is -0.396 e. The van der Waals surface area contributed by atoms with Gasteiger partial charge in [0.2, 0.25) is 0 Å². The predicted octanol–water partition coefficient (Wildman–Crippen LogP) is 2.05. The van der Waals surface area contributed by atoms with Crippen molar-refractivity contribution < 1.29 is 13.2 Å². The highest BCUT2D eigenvalue weighted by Gasteiger charge is 2.44. The fourth-order valence-corrected chi connectivity index (χ4v) is 1.89. The van der Waals surface area contributed by atoms with Crippen LogP contribution in [-0.4, -0.2) is 24.2 Å². The molecule has 3 nitrogen and oxygen atoms in total. The molecular formula is C10H12F3N3. The molecule has 1 atom stereocenters. The Kier molecular flexibility index (Phi) is 2.65. The number of anilines is 2. The number of nitrogens with zero attached hydrogens (tertiary/aromatic N) is 2. The largest absolute Gasteiger partial charge is 0.396 e. The van der Waals surface area contributed by atoms with Crippen molar-refractivity contribution in [1.82, 2.24) is 4.98 Å². The second-order valence-electron chi connectivity index (χ2n) is 3.89. The molecule has 88 valence electrons. The van der Waals surface area contributed by atoms with Gasteiger partial charge in [-0.25, -0.2) is 4.98 Å². The third kappa shape index (κ3) is 2.05. The molecule has 6 heteroatoms. The number of halogens is 3. The van der Waals surface area contributed by atoms with Crippen molar-refractivity contribution in [2.24, 2.45) is 5.92 Å². The average molecular weight is 231 g/mol. The lowest BCUT2D eigenvalue weighted by molar-refractivity contribution is -0.168. The first-order valence-corrected chi connectivity index (χ1v) is 5.00. The first-order chi connectivity index (χ1) is 7.48. The molecule has 1 unspecified atom stereocenters. The van der Waals surface area contributed by atoms with Crippen LogP contribution >= 0.6 is 0 Å². The van der Waals surface area contributed by atoms with E-state index in [1.807, 2.05) is 0 Å². The summed E-state index contributed by atoms with van der Waals surface area (Å²) in [5, 5.41) is 0. The highest BCUT2D eigenvalue weighted by molar-refractivity contribution is 5.62. The Bertz CT molecular complexity index is 378. The maximum absolute atomic E-state index is 12.5. The second kappa shape index (κ2) is 3.84. The molecule has 0 aliphatic carbocycles. The van der Waals surface area contributed by atoms with Gasteiger partial charge >= 0.3 is 6.18 Å². The Morgan fingerprint density at radius 3 is 2.75 bits per heavy atom. The van der Waals surface area contributed by atoms with E-state index in [0.717, 1.165) is 0 Å². The molecule has 0 spiro atoms. The molecule has 1 aromatic rings. The Morgan fingerprint density at radius 1 is 1.44 bits per heavy atom. The first-order valence-electron chi connectivity index (χ1n) is 5.00. The summed E-state index contributed by atoms with van der Waals surface area (Å²) < 4.78 is 37.4. The zero-order valence-electron chi connectivity index (χ0n) is 8.54. The Morgan fingerprint density at radius 2 is 2.19 bits per heavy atom. The SMILES string of the molecule is Nc1cccnc1N1CCC(C(F)(F)F)C1. The summed E-state index contributed by atoms with van der Waals surface area (Å²) in [6, 6.07) is 3.30. The number of aromatic nitrogens is 1. The van der Waals surface area contributed by atoms with Crippen LogP contribution in [0.5, 0.6) is 0 Å². The van der Waals surface area contributed by atoms with Crippen LogP contribution in [0.25, 0.3) is 0 Å². The Balaban J connectivity index is 2.13. The number of rotatable bonds is 1. The molecule has 0 amide bonds. The summed E-state index contributed by atoms with van der Waals surface area (Å²) >= 11 is 0. The van der Waals surface area contributed by atoms with E-state index in [1.54, 1.807) is 17.0 Å². The molecule has 1 aliphatic heterocycles. The quantitative estimate of drug-likeness (QED) is 0.804. The minimum absolute atomic E-state index is 0.0509. The van der Waals surface area contributed by atoms with Crippen LogP contribution in [0.3, 0.4) is 0 Å². The van der Waals surface area contributed by atoms with Crippen molar-refractivity contribution in [3.05, 3.63) is 18.3 Å². The molecule has 1 aromatic heterocycles. The lowest BCUT2D eigenvalue weighted by Gasteiger charge is -2.19. The molecular weight excluding hydrogens is 219 g/mol. The van der Waals surface area contributed by atoms with Crippen LogP contribution in [-0.2, 0) is 0 Å². The number of pyridine rings is 1. The monoisotopic (exact) mass is 231 g/mol. The van der Waals surface area contributed by atoms with Crippen molar-refractivity contribution in [3.63, 3.8) is 0 Å². The van der Waals surface area contributed by atoms with Gasteiger partial charge in [-0.05, 0) is 18.6 Å². The summed E-state index contributed by atoms with van der Waals surface area (Å²) in [6.45, 7) is 0.302. The predicted molar refractivity (Wildman–Crippen MR) is 55.0 cm³/mol. The molecule has 1 fully saturated rings. The van der Waals surface area contributed by atoms with E-state index in [4.69, 9.17) is 5.73 Å². The molecule has 2 N–H and O–H groups in total. The van der Waals surface area contributed by atoms with E-state index in [9.17, 15) is 13.2 Å². The van der Waals surface area contributed by atoms with Crippen LogP contribution in [0.1, 0.15) is 6.42 Å². The molecule has 0 saturated carbocycles. The number of alkyl halides is 3. The Labute approximate surface area is 91.1 Å². The van der Waals surface area contributed by atoms with Gasteiger partial charge in [-0.3, -0.25) is 0 Å². The van der Waals surface area contributed by atoms with Crippen molar-refractivity contribution in [2.75, 3.05) is 23.7 Å². The van der Waals surface area contributed by atoms with Crippen LogP contribution < -0.4 is 10.6 Å². The molecule has 2 rings (SSSR count). The van der Waals surface area contributed by atoms with E-state index in [1.165, 1.54) is 6.20 Å². The van der Waals surface area contributed by atoms with Crippen molar-refractivity contribution in [2.45, 2.75) is 12.6 Å². The zero-order valence-corrected chi connectivity index (χ0v) is 8.54. The normalized spacial score (nSPS) is 21.4. The summed E-state index contributed by atoms with van der Waals surface area (Å²) in [7, 11) is 0. The number of nitrogen functional groups attached to an aromatic ring is 1. The lowest BCUT2D eigenvalue weighted by atomic mass is 10.1. The zero-order chi connectivity index (χ0) is 11.8. The van der Waals surface area contributed by atoms with Crippen LogP contribution in [0.2, 0.25) is 0 Å². The third-order valence-corrected chi connectivity index (χ3v) is 2.77. The fourth-order valence-electron chi connectivity index (χ4n) is 1.89. The molecule has 0 aromatic carbocycles. The van der Waals surface area contributed by atoms with Crippen LogP contribution in [0.4, 0.5) is 24.7 Å². The van der Waals surface area contributed by atoms with Gasteiger partial charge in [0.1, 0.15) is 0 Å². The van der Waals surface area contributed by atoms with Gasteiger partial charge in [-0.15, -0.1) is 0 Å². The van der Waals surface area contributed by atoms with Gasteiger partial charge < -0.3 is 10.6 Å². The van der Waals surface area contributed by atoms with Gasteiger partial charge in [0.25, 0.3) is 0 Å². The van der Waals surface area contributed by atoms with Gasteiger partial charge in [-0.1, -0.05) is 0 Å². The number of hydrogen-bond acceptors (Lipinski definition) is 3. The fraction of sp³-hybridized carbons (Fsp3) is 0.500. The van der Waals surface area contributed by atoms with Crippen molar-refractivity contribution in [1.29, 1.82) is 0 Å². The lowest BCUT2D eigenvalue weighted by Crippen LogP contribution is -2.28. The molecule has 16 heavy (non-hydrogen) atoms. The van der Waals surface area contributed by atoms with E-state index in [0.29, 0.717) is 18.1 Å². The van der Waals surface area contributed by atoms with Gasteiger partial charge in [0.15, 0.2) is 5.82 Å². The summed E-state index contributed by atoms with van der Waals surface area (Å²) in [6.07, 6.45) is -2.48. The van der Waals surface area contributed by atoms with E-state index in [-0.39, 0.29) is 13.0 Å². The van der Waals surface area contributed by atoms with Crippen molar-refractivity contribution in [3.8, 4) is 0 Å². The topological polar surface area (TPSA) is 42.1 Å². The second-order valence-corrected chi connectivity index (χ2v) is 3.89. The number of nitrogens with two attached hydrogens (primary N) is 1. The summed E-state index contributed by atoms with van der Waals surface area (Å²) in [5.41, 5.74) is 6.09. The van der Waals surface area contributed by atoms with Crippen molar-refractivity contribution >= 4 is 11.5 Å². The first kappa shape index (κ1) is 11.0. The van der Waals surface area contributed by atoms with Gasteiger partial charge in [-0.2, -0.15) is 13.2 Å². The van der Waals surface area contributed by atoms with Crippen LogP contribution in [0.15, 0.2) is 18.3 Å². The average Bonchev–Trinajstić information content (AvgIpc) is 2.66. The maximum Gasteiger partial charge on any atom is 0.393 e. The third-order valence-electron chi connectivity index (χ3n) is 2.77. The van der Waals surface area contributed by atoms with Crippen LogP contribution in [0, 0.1) is 5.92 Å². The molecule has 0 bridgehead atoms. The van der Waals surface area contributed by atoms with Gasteiger partial charge in [0, 0.05) is 19.3 Å².